The Bertz CT molecular complexity index is 274. The van der Waals surface area contributed by atoms with E-state index in [0.29, 0.717) is 12.6 Å². The number of rotatable bonds is 5. The molecular formula is C15H32N2O2. The standard InChI is InChI=1S/C15H32N2O2/c1-12-9-19-13(8-18)7-17(12)11-15(5,6)10-16-14(2,3)4/h12-13,16,18H,7-11H2,1-6H3. The topological polar surface area (TPSA) is 44.7 Å². The monoisotopic (exact) mass is 272 g/mol. The second-order valence-electron chi connectivity index (χ2n) is 7.68. The van der Waals surface area contributed by atoms with E-state index in [1.54, 1.807) is 0 Å². The zero-order valence-corrected chi connectivity index (χ0v) is 13.5. The summed E-state index contributed by atoms with van der Waals surface area (Å²) in [5.74, 6) is 0. The molecule has 0 spiro atoms. The zero-order chi connectivity index (χ0) is 14.7. The molecule has 0 saturated carbocycles. The first-order chi connectivity index (χ1) is 8.63. The van der Waals surface area contributed by atoms with Gasteiger partial charge in [-0.25, -0.2) is 0 Å². The fraction of sp³-hybridized carbons (Fsp3) is 1.00. The third-order valence-corrected chi connectivity index (χ3v) is 3.57. The minimum atomic E-state index is -0.0254. The van der Waals surface area contributed by atoms with Crippen molar-refractivity contribution in [2.75, 3.05) is 32.8 Å². The zero-order valence-electron chi connectivity index (χ0n) is 13.5. The van der Waals surface area contributed by atoms with Gasteiger partial charge in [0.15, 0.2) is 0 Å². The highest BCUT2D eigenvalue weighted by Crippen LogP contribution is 2.21. The van der Waals surface area contributed by atoms with Gasteiger partial charge in [0.2, 0.25) is 0 Å². The van der Waals surface area contributed by atoms with Gasteiger partial charge >= 0.3 is 0 Å². The summed E-state index contributed by atoms with van der Waals surface area (Å²) in [7, 11) is 0. The van der Waals surface area contributed by atoms with Crippen molar-refractivity contribution in [3.8, 4) is 0 Å². The lowest BCUT2D eigenvalue weighted by Crippen LogP contribution is -2.54. The minimum absolute atomic E-state index is 0.0254. The molecule has 4 heteroatoms. The van der Waals surface area contributed by atoms with Gasteiger partial charge in [-0.1, -0.05) is 13.8 Å². The minimum Gasteiger partial charge on any atom is -0.394 e. The number of hydrogen-bond acceptors (Lipinski definition) is 4. The summed E-state index contributed by atoms with van der Waals surface area (Å²) in [6.07, 6.45) is -0.0254. The third-order valence-electron chi connectivity index (χ3n) is 3.57. The van der Waals surface area contributed by atoms with E-state index in [1.807, 2.05) is 0 Å². The summed E-state index contributed by atoms with van der Waals surface area (Å²) in [4.78, 5) is 2.44. The van der Waals surface area contributed by atoms with E-state index in [-0.39, 0.29) is 23.7 Å². The summed E-state index contributed by atoms with van der Waals surface area (Å²) in [6.45, 7) is 17.0. The van der Waals surface area contributed by atoms with Gasteiger partial charge in [-0.2, -0.15) is 0 Å². The predicted octanol–water partition coefficient (Wildman–Crippen LogP) is 1.48. The van der Waals surface area contributed by atoms with Crippen LogP contribution in [-0.4, -0.2) is 60.5 Å². The third kappa shape index (κ3) is 6.21. The van der Waals surface area contributed by atoms with Crippen LogP contribution in [-0.2, 0) is 4.74 Å². The molecule has 1 aliphatic rings. The Morgan fingerprint density at radius 2 is 1.89 bits per heavy atom. The Morgan fingerprint density at radius 3 is 2.42 bits per heavy atom. The first kappa shape index (κ1) is 16.9. The molecule has 2 atom stereocenters. The maximum atomic E-state index is 9.24. The van der Waals surface area contributed by atoms with Gasteiger partial charge < -0.3 is 15.2 Å². The predicted molar refractivity (Wildman–Crippen MR) is 79.4 cm³/mol. The second-order valence-corrected chi connectivity index (χ2v) is 7.68. The molecule has 4 nitrogen and oxygen atoms in total. The molecular weight excluding hydrogens is 240 g/mol. The molecule has 1 saturated heterocycles. The van der Waals surface area contributed by atoms with Gasteiger partial charge in [0.1, 0.15) is 0 Å². The highest BCUT2D eigenvalue weighted by molar-refractivity contribution is 4.85. The number of hydrogen-bond donors (Lipinski definition) is 2. The largest absolute Gasteiger partial charge is 0.394 e. The molecule has 2 unspecified atom stereocenters. The normalized spacial score (nSPS) is 26.7. The molecule has 1 fully saturated rings. The molecule has 0 aromatic heterocycles. The van der Waals surface area contributed by atoms with Crippen molar-refractivity contribution >= 4 is 0 Å². The Kier molecular flexibility index (Phi) is 5.80. The van der Waals surface area contributed by atoms with Gasteiger partial charge in [0.05, 0.1) is 19.3 Å². The molecule has 0 aromatic rings. The van der Waals surface area contributed by atoms with Gasteiger partial charge in [0.25, 0.3) is 0 Å². The molecule has 0 radical (unpaired) electrons. The van der Waals surface area contributed by atoms with E-state index in [9.17, 15) is 5.11 Å². The lowest BCUT2D eigenvalue weighted by atomic mass is 9.90. The number of morpholine rings is 1. The maximum absolute atomic E-state index is 9.24. The van der Waals surface area contributed by atoms with Crippen LogP contribution < -0.4 is 5.32 Å². The highest BCUT2D eigenvalue weighted by atomic mass is 16.5. The molecule has 2 N–H and O–H groups in total. The Balaban J connectivity index is 2.50. The Labute approximate surface area is 118 Å². The quantitative estimate of drug-likeness (QED) is 0.796. The number of nitrogens with zero attached hydrogens (tertiary/aromatic N) is 1. The SMILES string of the molecule is CC1COC(CO)CN1CC(C)(C)CNC(C)(C)C. The lowest BCUT2D eigenvalue weighted by molar-refractivity contribution is -0.0860. The summed E-state index contributed by atoms with van der Waals surface area (Å²) < 4.78 is 5.59. The summed E-state index contributed by atoms with van der Waals surface area (Å²) in [5, 5.41) is 12.8. The van der Waals surface area contributed by atoms with E-state index in [0.717, 1.165) is 19.6 Å². The van der Waals surface area contributed by atoms with Crippen LogP contribution in [0.25, 0.3) is 0 Å². The van der Waals surface area contributed by atoms with E-state index >= 15 is 0 Å². The number of aliphatic hydroxyl groups excluding tert-OH is 1. The molecule has 0 bridgehead atoms. The molecule has 0 amide bonds. The lowest BCUT2D eigenvalue weighted by Gasteiger charge is -2.42. The first-order valence-electron chi connectivity index (χ1n) is 7.34. The summed E-state index contributed by atoms with van der Waals surface area (Å²) in [5.41, 5.74) is 0.362. The number of nitrogens with one attached hydrogen (secondary N) is 1. The molecule has 1 heterocycles. The van der Waals surface area contributed by atoms with Crippen molar-refractivity contribution in [3.05, 3.63) is 0 Å². The molecule has 19 heavy (non-hydrogen) atoms. The van der Waals surface area contributed by atoms with Crippen LogP contribution in [0, 0.1) is 5.41 Å². The van der Waals surface area contributed by atoms with Crippen LogP contribution >= 0.6 is 0 Å². The van der Waals surface area contributed by atoms with E-state index in [2.05, 4.69) is 51.8 Å². The molecule has 1 aliphatic heterocycles. The van der Waals surface area contributed by atoms with Gasteiger partial charge in [-0.05, 0) is 33.1 Å². The van der Waals surface area contributed by atoms with E-state index < -0.39 is 0 Å². The van der Waals surface area contributed by atoms with Crippen LogP contribution in [0.3, 0.4) is 0 Å². The smallest absolute Gasteiger partial charge is 0.0933 e. The van der Waals surface area contributed by atoms with Gasteiger partial charge in [0, 0.05) is 31.2 Å². The van der Waals surface area contributed by atoms with Crippen LogP contribution in [0.15, 0.2) is 0 Å². The van der Waals surface area contributed by atoms with Gasteiger partial charge in [-0.15, -0.1) is 0 Å². The first-order valence-corrected chi connectivity index (χ1v) is 7.34. The van der Waals surface area contributed by atoms with Crippen molar-refractivity contribution in [2.45, 2.75) is 59.2 Å². The summed E-state index contributed by atoms with van der Waals surface area (Å²) in [6, 6.07) is 0.428. The van der Waals surface area contributed by atoms with Crippen LogP contribution in [0.5, 0.6) is 0 Å². The van der Waals surface area contributed by atoms with Crippen LogP contribution in [0.1, 0.15) is 41.5 Å². The fourth-order valence-electron chi connectivity index (χ4n) is 2.32. The maximum Gasteiger partial charge on any atom is 0.0933 e. The fourth-order valence-corrected chi connectivity index (χ4v) is 2.32. The number of aliphatic hydroxyl groups is 1. The average molecular weight is 272 g/mol. The Hall–Kier alpha value is -0.160. The van der Waals surface area contributed by atoms with Gasteiger partial charge in [-0.3, -0.25) is 4.90 Å². The Morgan fingerprint density at radius 1 is 1.26 bits per heavy atom. The van der Waals surface area contributed by atoms with Crippen molar-refractivity contribution < 1.29 is 9.84 Å². The molecule has 114 valence electrons. The van der Waals surface area contributed by atoms with Crippen molar-refractivity contribution in [1.29, 1.82) is 0 Å². The average Bonchev–Trinajstić information content (AvgIpc) is 2.29. The number of ether oxygens (including phenoxy) is 1. The van der Waals surface area contributed by atoms with Crippen LogP contribution in [0.4, 0.5) is 0 Å². The van der Waals surface area contributed by atoms with Crippen molar-refractivity contribution in [2.24, 2.45) is 5.41 Å². The van der Waals surface area contributed by atoms with Crippen molar-refractivity contribution in [3.63, 3.8) is 0 Å². The van der Waals surface area contributed by atoms with E-state index in [4.69, 9.17) is 4.74 Å². The molecule has 1 rings (SSSR count). The highest BCUT2D eigenvalue weighted by Gasteiger charge is 2.31. The van der Waals surface area contributed by atoms with E-state index in [1.165, 1.54) is 0 Å². The molecule has 0 aliphatic carbocycles. The molecule has 0 aromatic carbocycles. The van der Waals surface area contributed by atoms with Crippen molar-refractivity contribution in [1.82, 2.24) is 10.2 Å². The van der Waals surface area contributed by atoms with Crippen LogP contribution in [0.2, 0.25) is 0 Å². The second kappa shape index (κ2) is 6.53. The summed E-state index contributed by atoms with van der Waals surface area (Å²) >= 11 is 0.